The zero-order valence-electron chi connectivity index (χ0n) is 14.1. The summed E-state index contributed by atoms with van der Waals surface area (Å²) in [6, 6.07) is 7.69. The molecule has 0 atom stereocenters. The summed E-state index contributed by atoms with van der Waals surface area (Å²) in [6.07, 6.45) is 4.18. The van der Waals surface area contributed by atoms with Crippen LogP contribution in [0.1, 0.15) is 11.3 Å². The lowest BCUT2D eigenvalue weighted by molar-refractivity contribution is 0.143. The summed E-state index contributed by atoms with van der Waals surface area (Å²) >= 11 is 0. The second kappa shape index (κ2) is 10.3. The summed E-state index contributed by atoms with van der Waals surface area (Å²) in [6.45, 7) is 2.30. The van der Waals surface area contributed by atoms with Gasteiger partial charge in [-0.1, -0.05) is 6.07 Å². The highest BCUT2D eigenvalue weighted by Gasteiger charge is 2.06. The Balaban J connectivity index is 1.79. The Bertz CT molecular complexity index is 614. The summed E-state index contributed by atoms with van der Waals surface area (Å²) in [7, 11) is 3.38. The smallest absolute Gasteiger partial charge is 0.218 e. The summed E-state index contributed by atoms with van der Waals surface area (Å²) in [4.78, 5) is 8.47. The number of aromatic nitrogens is 1. The molecule has 0 bridgehead atoms. The number of aliphatic imine (C=N–C) groups is 1. The normalized spacial score (nSPS) is 11.3. The van der Waals surface area contributed by atoms with Crippen molar-refractivity contribution in [2.24, 2.45) is 4.99 Å². The molecule has 0 saturated carbocycles. The fourth-order valence-corrected chi connectivity index (χ4v) is 2.07. The van der Waals surface area contributed by atoms with Gasteiger partial charge < -0.3 is 24.5 Å². The van der Waals surface area contributed by atoms with Crippen molar-refractivity contribution in [2.45, 2.75) is 13.0 Å². The van der Waals surface area contributed by atoms with Crippen molar-refractivity contribution in [1.29, 1.82) is 0 Å². The number of nitrogens with one attached hydrogen (secondary N) is 2. The molecule has 7 nitrogen and oxygen atoms in total. The van der Waals surface area contributed by atoms with E-state index < -0.39 is 0 Å². The van der Waals surface area contributed by atoms with Crippen LogP contribution in [0.25, 0.3) is 0 Å². The van der Waals surface area contributed by atoms with Crippen LogP contribution in [0, 0.1) is 0 Å². The first kappa shape index (κ1) is 17.8. The van der Waals surface area contributed by atoms with Crippen LogP contribution in [0.2, 0.25) is 0 Å². The Kier molecular flexibility index (Phi) is 7.62. The Hall–Kier alpha value is -2.54. The van der Waals surface area contributed by atoms with Gasteiger partial charge in [-0.15, -0.1) is 0 Å². The van der Waals surface area contributed by atoms with Gasteiger partial charge in [-0.2, -0.15) is 0 Å². The fraction of sp³-hybridized carbons (Fsp3) is 0.412. The molecule has 0 amide bonds. The number of furan rings is 1. The highest BCUT2D eigenvalue weighted by molar-refractivity contribution is 5.79. The molecule has 0 spiro atoms. The summed E-state index contributed by atoms with van der Waals surface area (Å²) in [5, 5.41) is 6.50. The minimum Gasteiger partial charge on any atom is -0.475 e. The summed E-state index contributed by atoms with van der Waals surface area (Å²) in [5.74, 6) is 2.26. The molecular weight excluding hydrogens is 308 g/mol. The molecule has 0 aliphatic heterocycles. The van der Waals surface area contributed by atoms with Crippen molar-refractivity contribution in [3.8, 4) is 5.88 Å². The average Bonchev–Trinajstić information content (AvgIpc) is 3.12. The van der Waals surface area contributed by atoms with Crippen molar-refractivity contribution < 1.29 is 13.9 Å². The zero-order chi connectivity index (χ0) is 17.0. The largest absolute Gasteiger partial charge is 0.475 e. The minimum absolute atomic E-state index is 0.469. The van der Waals surface area contributed by atoms with E-state index in [1.807, 2.05) is 24.3 Å². The molecule has 0 aliphatic carbocycles. The van der Waals surface area contributed by atoms with Gasteiger partial charge in [0.05, 0.1) is 12.9 Å². The molecule has 0 aliphatic rings. The van der Waals surface area contributed by atoms with E-state index >= 15 is 0 Å². The van der Waals surface area contributed by atoms with E-state index in [-0.39, 0.29) is 0 Å². The molecule has 2 heterocycles. The Morgan fingerprint density at radius 1 is 1.25 bits per heavy atom. The lowest BCUT2D eigenvalue weighted by Gasteiger charge is -2.13. The third-order valence-electron chi connectivity index (χ3n) is 3.29. The standard InChI is InChI=1S/C17H24N4O3/c1-18-17(20-9-7-15-6-4-10-23-15)21-13-14-5-3-8-19-16(14)24-12-11-22-2/h3-6,8,10H,7,9,11-13H2,1-2H3,(H2,18,20,21). The number of ether oxygens (including phenoxy) is 2. The maximum atomic E-state index is 5.62. The molecule has 130 valence electrons. The number of hydrogen-bond donors (Lipinski definition) is 2. The molecule has 24 heavy (non-hydrogen) atoms. The predicted molar refractivity (Wildman–Crippen MR) is 92.2 cm³/mol. The Morgan fingerprint density at radius 3 is 2.92 bits per heavy atom. The zero-order valence-corrected chi connectivity index (χ0v) is 14.1. The lowest BCUT2D eigenvalue weighted by Crippen LogP contribution is -2.37. The van der Waals surface area contributed by atoms with Gasteiger partial charge in [-0.05, 0) is 18.2 Å². The molecule has 2 aromatic heterocycles. The van der Waals surface area contributed by atoms with Crippen LogP contribution in [0.4, 0.5) is 0 Å². The quantitative estimate of drug-likeness (QED) is 0.412. The van der Waals surface area contributed by atoms with Gasteiger partial charge in [-0.25, -0.2) is 4.98 Å². The van der Waals surface area contributed by atoms with Crippen LogP contribution < -0.4 is 15.4 Å². The van der Waals surface area contributed by atoms with Crippen molar-refractivity contribution in [1.82, 2.24) is 15.6 Å². The molecule has 0 unspecified atom stereocenters. The van der Waals surface area contributed by atoms with Crippen LogP contribution in [0.15, 0.2) is 46.1 Å². The van der Waals surface area contributed by atoms with Crippen LogP contribution in [-0.2, 0) is 17.7 Å². The number of hydrogen-bond acceptors (Lipinski definition) is 5. The van der Waals surface area contributed by atoms with E-state index in [1.165, 1.54) is 0 Å². The van der Waals surface area contributed by atoms with Crippen LogP contribution in [0.5, 0.6) is 5.88 Å². The van der Waals surface area contributed by atoms with Gasteiger partial charge in [0.2, 0.25) is 5.88 Å². The molecule has 0 aromatic carbocycles. The van der Waals surface area contributed by atoms with E-state index in [4.69, 9.17) is 13.9 Å². The van der Waals surface area contributed by atoms with Crippen LogP contribution in [-0.4, -0.2) is 44.9 Å². The SMILES string of the molecule is CN=C(NCCc1ccco1)NCc1cccnc1OCCOC. The molecule has 2 rings (SSSR count). The van der Waals surface area contributed by atoms with E-state index in [1.54, 1.807) is 26.6 Å². The number of guanidine groups is 1. The second-order valence-corrected chi connectivity index (χ2v) is 4.99. The van der Waals surface area contributed by atoms with Crippen molar-refractivity contribution in [3.05, 3.63) is 48.0 Å². The van der Waals surface area contributed by atoms with Crippen molar-refractivity contribution in [2.75, 3.05) is 33.9 Å². The third kappa shape index (κ3) is 5.92. The van der Waals surface area contributed by atoms with Gasteiger partial charge >= 0.3 is 0 Å². The van der Waals surface area contributed by atoms with E-state index in [9.17, 15) is 0 Å². The minimum atomic E-state index is 0.469. The first-order valence-electron chi connectivity index (χ1n) is 7.86. The van der Waals surface area contributed by atoms with Gasteiger partial charge in [0.15, 0.2) is 5.96 Å². The fourth-order valence-electron chi connectivity index (χ4n) is 2.07. The highest BCUT2D eigenvalue weighted by Crippen LogP contribution is 2.13. The van der Waals surface area contributed by atoms with Gasteiger partial charge in [0.25, 0.3) is 0 Å². The highest BCUT2D eigenvalue weighted by atomic mass is 16.5. The molecule has 0 saturated heterocycles. The number of methoxy groups -OCH3 is 1. The summed E-state index contributed by atoms with van der Waals surface area (Å²) < 4.78 is 15.9. The van der Waals surface area contributed by atoms with Gasteiger partial charge in [-0.3, -0.25) is 4.99 Å². The van der Waals surface area contributed by atoms with Gasteiger partial charge in [0.1, 0.15) is 12.4 Å². The molecule has 7 heteroatoms. The first-order valence-corrected chi connectivity index (χ1v) is 7.86. The molecule has 2 N–H and O–H groups in total. The number of pyridine rings is 1. The Labute approximate surface area is 142 Å². The van der Waals surface area contributed by atoms with Crippen molar-refractivity contribution >= 4 is 5.96 Å². The molecule has 2 aromatic rings. The lowest BCUT2D eigenvalue weighted by atomic mass is 10.2. The number of nitrogens with zero attached hydrogens (tertiary/aromatic N) is 2. The maximum Gasteiger partial charge on any atom is 0.218 e. The topological polar surface area (TPSA) is 80.9 Å². The van der Waals surface area contributed by atoms with Gasteiger partial charge in [0, 0.05) is 45.4 Å². The summed E-state index contributed by atoms with van der Waals surface area (Å²) in [5.41, 5.74) is 0.961. The average molecular weight is 332 g/mol. The van der Waals surface area contributed by atoms with E-state index in [2.05, 4.69) is 20.6 Å². The molecular formula is C17H24N4O3. The van der Waals surface area contributed by atoms with E-state index in [0.717, 1.165) is 24.3 Å². The maximum absolute atomic E-state index is 5.62. The second-order valence-electron chi connectivity index (χ2n) is 4.99. The van der Waals surface area contributed by atoms with Crippen molar-refractivity contribution in [3.63, 3.8) is 0 Å². The van der Waals surface area contributed by atoms with Crippen LogP contribution >= 0.6 is 0 Å². The molecule has 0 fully saturated rings. The first-order chi connectivity index (χ1) is 11.8. The Morgan fingerprint density at radius 2 is 2.17 bits per heavy atom. The monoisotopic (exact) mass is 332 g/mol. The van der Waals surface area contributed by atoms with Crippen LogP contribution in [0.3, 0.4) is 0 Å². The third-order valence-corrected chi connectivity index (χ3v) is 3.29. The predicted octanol–water partition coefficient (Wildman–Crippen LogP) is 1.61. The molecule has 0 radical (unpaired) electrons. The number of rotatable bonds is 9. The van der Waals surface area contributed by atoms with E-state index in [0.29, 0.717) is 31.6 Å².